The summed E-state index contributed by atoms with van der Waals surface area (Å²) in [4.78, 5) is 14.7. The summed E-state index contributed by atoms with van der Waals surface area (Å²) in [6.07, 6.45) is 3.12. The topological polar surface area (TPSA) is 41.6 Å². The number of hydrogen-bond donors (Lipinski definition) is 1. The van der Waals surface area contributed by atoms with Crippen LogP contribution in [0.2, 0.25) is 0 Å². The number of nitrogens with zero attached hydrogens (tertiary/aromatic N) is 1. The van der Waals surface area contributed by atoms with Crippen molar-refractivity contribution in [1.29, 1.82) is 0 Å². The second-order valence-electron chi connectivity index (χ2n) is 5.42. The number of nitrogens with one attached hydrogen (secondary N) is 1. The maximum absolute atomic E-state index is 12.7. The molecule has 0 aromatic rings. The van der Waals surface area contributed by atoms with E-state index in [2.05, 4.69) is 19.2 Å². The van der Waals surface area contributed by atoms with Gasteiger partial charge in [0.2, 0.25) is 5.91 Å². The molecule has 4 heteroatoms. The third-order valence-electron chi connectivity index (χ3n) is 4.13. The summed E-state index contributed by atoms with van der Waals surface area (Å²) in [6, 6.07) is 0.199. The van der Waals surface area contributed by atoms with Crippen LogP contribution >= 0.6 is 0 Å². The van der Waals surface area contributed by atoms with Gasteiger partial charge in [0.05, 0.1) is 24.3 Å². The minimum atomic E-state index is -0.300. The minimum Gasteiger partial charge on any atom is -0.375 e. The largest absolute Gasteiger partial charge is 0.375 e. The van der Waals surface area contributed by atoms with E-state index in [1.807, 2.05) is 11.8 Å². The Morgan fingerprint density at radius 1 is 1.53 bits per heavy atom. The van der Waals surface area contributed by atoms with E-state index < -0.39 is 0 Å². The average molecular weight is 240 g/mol. The van der Waals surface area contributed by atoms with E-state index in [4.69, 9.17) is 4.74 Å². The van der Waals surface area contributed by atoms with Gasteiger partial charge in [0.1, 0.15) is 0 Å². The van der Waals surface area contributed by atoms with Crippen molar-refractivity contribution in [2.75, 3.05) is 19.7 Å². The van der Waals surface area contributed by atoms with Gasteiger partial charge < -0.3 is 15.0 Å². The van der Waals surface area contributed by atoms with Crippen molar-refractivity contribution in [2.24, 2.45) is 0 Å². The van der Waals surface area contributed by atoms with Crippen molar-refractivity contribution in [1.82, 2.24) is 10.2 Å². The fourth-order valence-electron chi connectivity index (χ4n) is 2.90. The lowest BCUT2D eigenvalue weighted by molar-refractivity contribution is -0.150. The molecular formula is C13H24N2O2. The summed E-state index contributed by atoms with van der Waals surface area (Å²) >= 11 is 0. The standard InChI is InChI=1S/C13H24N2O2/c1-4-13(6-5-7-14-13)12(16)15-8-11(3)17-9-10(15)2/h10-11,14H,4-9H2,1-3H3. The highest BCUT2D eigenvalue weighted by atomic mass is 16.5. The molecular weight excluding hydrogens is 216 g/mol. The van der Waals surface area contributed by atoms with Gasteiger partial charge in [-0.05, 0) is 39.7 Å². The number of morpholine rings is 1. The monoisotopic (exact) mass is 240 g/mol. The van der Waals surface area contributed by atoms with Crippen LogP contribution < -0.4 is 5.32 Å². The number of rotatable bonds is 2. The molecule has 0 aromatic heterocycles. The highest BCUT2D eigenvalue weighted by Gasteiger charge is 2.44. The van der Waals surface area contributed by atoms with Crippen LogP contribution in [-0.2, 0) is 9.53 Å². The number of carbonyl (C=O) groups excluding carboxylic acids is 1. The third-order valence-corrected chi connectivity index (χ3v) is 4.13. The van der Waals surface area contributed by atoms with Gasteiger partial charge in [-0.1, -0.05) is 6.92 Å². The quantitative estimate of drug-likeness (QED) is 0.787. The average Bonchev–Trinajstić information content (AvgIpc) is 2.81. The van der Waals surface area contributed by atoms with Crippen LogP contribution in [0.25, 0.3) is 0 Å². The van der Waals surface area contributed by atoms with Crippen molar-refractivity contribution in [3.63, 3.8) is 0 Å². The summed E-state index contributed by atoms with van der Waals surface area (Å²) in [5.74, 6) is 0.278. The molecule has 98 valence electrons. The molecule has 2 fully saturated rings. The SMILES string of the molecule is CCC1(C(=O)N2CC(C)OCC2C)CCCN1. The Balaban J connectivity index is 2.12. The summed E-state index contributed by atoms with van der Waals surface area (Å²) in [5, 5.41) is 3.42. The van der Waals surface area contributed by atoms with Crippen LogP contribution in [0.3, 0.4) is 0 Å². The summed E-state index contributed by atoms with van der Waals surface area (Å²) < 4.78 is 5.59. The molecule has 1 N–H and O–H groups in total. The molecule has 4 nitrogen and oxygen atoms in total. The Morgan fingerprint density at radius 3 is 2.88 bits per heavy atom. The molecule has 17 heavy (non-hydrogen) atoms. The Bertz CT molecular complexity index is 287. The van der Waals surface area contributed by atoms with Crippen LogP contribution in [0, 0.1) is 0 Å². The maximum Gasteiger partial charge on any atom is 0.243 e. The summed E-state index contributed by atoms with van der Waals surface area (Å²) in [5.41, 5.74) is -0.300. The first kappa shape index (κ1) is 12.8. The van der Waals surface area contributed by atoms with Crippen LogP contribution in [-0.4, -0.2) is 48.2 Å². The van der Waals surface area contributed by atoms with Gasteiger partial charge >= 0.3 is 0 Å². The molecule has 3 atom stereocenters. The first-order valence-corrected chi connectivity index (χ1v) is 6.77. The summed E-state index contributed by atoms with van der Waals surface area (Å²) in [6.45, 7) is 8.56. The lowest BCUT2D eigenvalue weighted by atomic mass is 9.91. The van der Waals surface area contributed by atoms with Crippen LogP contribution in [0.15, 0.2) is 0 Å². The Hall–Kier alpha value is -0.610. The van der Waals surface area contributed by atoms with Gasteiger partial charge in [0.15, 0.2) is 0 Å². The fraction of sp³-hybridized carbons (Fsp3) is 0.923. The molecule has 0 spiro atoms. The molecule has 0 aromatic carbocycles. The number of hydrogen-bond acceptors (Lipinski definition) is 3. The molecule has 1 amide bonds. The lowest BCUT2D eigenvalue weighted by Crippen LogP contribution is -2.60. The molecule has 2 heterocycles. The van der Waals surface area contributed by atoms with E-state index in [1.54, 1.807) is 0 Å². The number of carbonyl (C=O) groups is 1. The van der Waals surface area contributed by atoms with E-state index in [0.29, 0.717) is 6.61 Å². The zero-order valence-electron chi connectivity index (χ0n) is 11.2. The highest BCUT2D eigenvalue weighted by molar-refractivity contribution is 5.87. The molecule has 3 unspecified atom stereocenters. The Morgan fingerprint density at radius 2 is 2.29 bits per heavy atom. The highest BCUT2D eigenvalue weighted by Crippen LogP contribution is 2.27. The second-order valence-corrected chi connectivity index (χ2v) is 5.42. The molecule has 0 aliphatic carbocycles. The van der Waals surface area contributed by atoms with Crippen molar-refractivity contribution in [2.45, 2.75) is 57.7 Å². The van der Waals surface area contributed by atoms with Gasteiger partial charge in [-0.25, -0.2) is 0 Å². The Labute approximate surface area is 104 Å². The van der Waals surface area contributed by atoms with Gasteiger partial charge in [-0.2, -0.15) is 0 Å². The molecule has 0 bridgehead atoms. The molecule has 2 rings (SSSR count). The van der Waals surface area contributed by atoms with Crippen LogP contribution in [0.1, 0.15) is 40.0 Å². The van der Waals surface area contributed by atoms with Gasteiger partial charge in [-0.15, -0.1) is 0 Å². The zero-order chi connectivity index (χ0) is 12.5. The normalized spacial score (nSPS) is 38.4. The predicted molar refractivity (Wildman–Crippen MR) is 66.8 cm³/mol. The zero-order valence-corrected chi connectivity index (χ0v) is 11.2. The maximum atomic E-state index is 12.7. The third kappa shape index (κ3) is 2.33. The van der Waals surface area contributed by atoms with E-state index in [-0.39, 0.29) is 23.6 Å². The van der Waals surface area contributed by atoms with E-state index in [0.717, 1.165) is 32.4 Å². The predicted octanol–water partition coefficient (Wildman–Crippen LogP) is 1.15. The fourth-order valence-corrected chi connectivity index (χ4v) is 2.90. The van der Waals surface area contributed by atoms with E-state index >= 15 is 0 Å². The Kier molecular flexibility index (Phi) is 3.73. The van der Waals surface area contributed by atoms with Gasteiger partial charge in [0.25, 0.3) is 0 Å². The molecule has 0 radical (unpaired) electrons. The first-order chi connectivity index (χ1) is 8.09. The van der Waals surface area contributed by atoms with Crippen molar-refractivity contribution >= 4 is 5.91 Å². The smallest absolute Gasteiger partial charge is 0.243 e. The first-order valence-electron chi connectivity index (χ1n) is 6.77. The second kappa shape index (κ2) is 4.94. The van der Waals surface area contributed by atoms with Crippen LogP contribution in [0.5, 0.6) is 0 Å². The molecule has 0 saturated carbocycles. The van der Waals surface area contributed by atoms with Crippen molar-refractivity contribution in [3.05, 3.63) is 0 Å². The minimum absolute atomic E-state index is 0.158. The number of ether oxygens (including phenoxy) is 1. The van der Waals surface area contributed by atoms with Gasteiger partial charge in [-0.3, -0.25) is 4.79 Å². The van der Waals surface area contributed by atoms with Crippen molar-refractivity contribution < 1.29 is 9.53 Å². The van der Waals surface area contributed by atoms with Crippen LogP contribution in [0.4, 0.5) is 0 Å². The van der Waals surface area contributed by atoms with Gasteiger partial charge in [0, 0.05) is 6.54 Å². The molecule has 2 aliphatic rings. The summed E-state index contributed by atoms with van der Waals surface area (Å²) in [7, 11) is 0. The van der Waals surface area contributed by atoms with E-state index in [9.17, 15) is 4.79 Å². The van der Waals surface area contributed by atoms with E-state index in [1.165, 1.54) is 0 Å². The number of amides is 1. The van der Waals surface area contributed by atoms with Crippen molar-refractivity contribution in [3.8, 4) is 0 Å². The lowest BCUT2D eigenvalue weighted by Gasteiger charge is -2.41. The molecule has 2 saturated heterocycles. The molecule has 2 aliphatic heterocycles.